The monoisotopic (exact) mass is 441 g/mol. The van der Waals surface area contributed by atoms with E-state index in [0.29, 0.717) is 30.2 Å². The molecular weight excluding hydrogens is 420 g/mol. The predicted molar refractivity (Wildman–Crippen MR) is 104 cm³/mol. The van der Waals surface area contributed by atoms with Crippen molar-refractivity contribution in [3.63, 3.8) is 0 Å². The highest BCUT2D eigenvalue weighted by atomic mass is 127. The van der Waals surface area contributed by atoms with Crippen molar-refractivity contribution in [2.24, 2.45) is 12.0 Å². The van der Waals surface area contributed by atoms with Gasteiger partial charge in [-0.05, 0) is 36.8 Å². The predicted octanol–water partition coefficient (Wildman–Crippen LogP) is 2.91. The Morgan fingerprint density at radius 2 is 2.12 bits per heavy atom. The van der Waals surface area contributed by atoms with E-state index < -0.39 is 0 Å². The molecule has 0 fully saturated rings. The maximum atomic E-state index is 13.8. The molecule has 0 amide bonds. The maximum absolute atomic E-state index is 13.8. The van der Waals surface area contributed by atoms with Gasteiger partial charge in [0, 0.05) is 38.1 Å². The molecule has 24 heavy (non-hydrogen) atoms. The lowest BCUT2D eigenvalue weighted by molar-refractivity contribution is 0.604. The summed E-state index contributed by atoms with van der Waals surface area (Å²) < 4.78 is 15.7. The van der Waals surface area contributed by atoms with Gasteiger partial charge < -0.3 is 15.2 Å². The summed E-state index contributed by atoms with van der Waals surface area (Å²) in [4.78, 5) is 4.48. The van der Waals surface area contributed by atoms with E-state index in [1.807, 2.05) is 43.1 Å². The smallest absolute Gasteiger partial charge is 0.191 e. The van der Waals surface area contributed by atoms with Gasteiger partial charge in [-0.3, -0.25) is 0 Å². The van der Waals surface area contributed by atoms with Crippen LogP contribution in [0.25, 0.3) is 0 Å². The van der Waals surface area contributed by atoms with Crippen LogP contribution in [-0.2, 0) is 20.1 Å². The Morgan fingerprint density at radius 1 is 1.33 bits per heavy atom. The van der Waals surface area contributed by atoms with Crippen LogP contribution in [0.3, 0.4) is 0 Å². The third-order valence-electron chi connectivity index (χ3n) is 3.28. The summed E-state index contributed by atoms with van der Waals surface area (Å²) in [6, 6.07) is 8.34. The van der Waals surface area contributed by atoms with Crippen LogP contribution >= 0.6 is 24.0 Å². The Morgan fingerprint density at radius 3 is 2.75 bits per heavy atom. The van der Waals surface area contributed by atoms with E-state index in [-0.39, 0.29) is 36.3 Å². The third-order valence-corrected chi connectivity index (χ3v) is 3.28. The van der Waals surface area contributed by atoms with Crippen LogP contribution in [-0.4, -0.2) is 17.1 Å². The molecule has 5 nitrogen and oxygen atoms in total. The van der Waals surface area contributed by atoms with Crippen LogP contribution in [0, 0.1) is 17.1 Å². The molecule has 2 N–H and O–H groups in total. The van der Waals surface area contributed by atoms with Crippen LogP contribution in [0.4, 0.5) is 4.39 Å². The lowest BCUT2D eigenvalue weighted by atomic mass is 10.1. The molecule has 2 aromatic rings. The Labute approximate surface area is 158 Å². The molecule has 1 aromatic heterocycles. The number of aromatic nitrogens is 1. The van der Waals surface area contributed by atoms with E-state index in [1.165, 1.54) is 12.1 Å². The van der Waals surface area contributed by atoms with Crippen LogP contribution in [0.2, 0.25) is 0 Å². The molecule has 2 rings (SSSR count). The highest BCUT2D eigenvalue weighted by Crippen LogP contribution is 2.09. The van der Waals surface area contributed by atoms with E-state index in [9.17, 15) is 4.39 Å². The fourth-order valence-electron chi connectivity index (χ4n) is 2.13. The number of rotatable bonds is 5. The Bertz CT molecular complexity index is 733. The molecule has 7 heteroatoms. The van der Waals surface area contributed by atoms with Crippen molar-refractivity contribution in [3.8, 4) is 6.07 Å². The molecule has 0 bridgehead atoms. The summed E-state index contributed by atoms with van der Waals surface area (Å²) in [5.41, 5.74) is 1.98. The van der Waals surface area contributed by atoms with Crippen molar-refractivity contribution >= 4 is 29.9 Å². The molecule has 128 valence electrons. The molecule has 1 heterocycles. The van der Waals surface area contributed by atoms with Gasteiger partial charge in [0.15, 0.2) is 5.96 Å². The summed E-state index contributed by atoms with van der Waals surface area (Å²) >= 11 is 0. The van der Waals surface area contributed by atoms with Crippen molar-refractivity contribution < 1.29 is 4.39 Å². The number of aryl methyl sites for hydroxylation is 1. The molecule has 0 spiro atoms. The molecule has 1 aromatic carbocycles. The number of nitrogens with zero attached hydrogens (tertiary/aromatic N) is 3. The van der Waals surface area contributed by atoms with E-state index in [1.54, 1.807) is 6.07 Å². The molecule has 0 saturated heterocycles. The minimum atomic E-state index is -0.338. The largest absolute Gasteiger partial charge is 0.357 e. The molecule has 0 atom stereocenters. The van der Waals surface area contributed by atoms with Crippen molar-refractivity contribution in [1.82, 2.24) is 15.2 Å². The summed E-state index contributed by atoms with van der Waals surface area (Å²) in [6.07, 6.45) is 3.97. The number of benzene rings is 1. The SMILES string of the molecule is CCNC(=NCc1ccn(C)c1)NCc1cc(C#N)ccc1F.I. The van der Waals surface area contributed by atoms with Gasteiger partial charge in [-0.15, -0.1) is 24.0 Å². The Hall–Kier alpha value is -2.08. The first-order chi connectivity index (χ1) is 11.1. The first-order valence-electron chi connectivity index (χ1n) is 7.44. The van der Waals surface area contributed by atoms with Crippen molar-refractivity contribution in [2.45, 2.75) is 20.0 Å². The standard InChI is InChI=1S/C17H20FN5.HI/c1-3-20-17(21-10-14-6-7-23(2)12-14)22-11-15-8-13(9-19)4-5-16(15)18;/h4-8,12H,3,10-11H2,1-2H3,(H2,20,21,22);1H. The van der Waals surface area contributed by atoms with Crippen molar-refractivity contribution in [2.75, 3.05) is 6.54 Å². The minimum absolute atomic E-state index is 0. The highest BCUT2D eigenvalue weighted by molar-refractivity contribution is 14.0. The van der Waals surface area contributed by atoms with Crippen molar-refractivity contribution in [3.05, 3.63) is 59.2 Å². The van der Waals surface area contributed by atoms with Gasteiger partial charge in [0.1, 0.15) is 5.82 Å². The first-order valence-corrected chi connectivity index (χ1v) is 7.44. The zero-order valence-electron chi connectivity index (χ0n) is 13.7. The topological polar surface area (TPSA) is 65.1 Å². The second-order valence-electron chi connectivity index (χ2n) is 5.15. The zero-order chi connectivity index (χ0) is 16.7. The average molecular weight is 441 g/mol. The first kappa shape index (κ1) is 20.0. The average Bonchev–Trinajstić information content (AvgIpc) is 2.97. The van der Waals surface area contributed by atoms with Crippen LogP contribution < -0.4 is 10.6 Å². The Balaban J connectivity index is 0.00000288. The molecule has 0 aliphatic carbocycles. The van der Waals surface area contributed by atoms with E-state index in [0.717, 1.165) is 5.56 Å². The number of hydrogen-bond acceptors (Lipinski definition) is 2. The van der Waals surface area contributed by atoms with E-state index in [4.69, 9.17) is 5.26 Å². The Kier molecular flexibility index (Phi) is 8.26. The van der Waals surface area contributed by atoms with Gasteiger partial charge in [0.25, 0.3) is 0 Å². The number of aliphatic imine (C=N–C) groups is 1. The summed E-state index contributed by atoms with van der Waals surface area (Å²) in [6.45, 7) is 3.48. The number of halogens is 2. The van der Waals surface area contributed by atoms with Crippen molar-refractivity contribution in [1.29, 1.82) is 5.26 Å². The molecule has 0 unspecified atom stereocenters. The van der Waals surface area contributed by atoms with E-state index in [2.05, 4.69) is 15.6 Å². The van der Waals surface area contributed by atoms with Crippen LogP contribution in [0.15, 0.2) is 41.7 Å². The summed E-state index contributed by atoms with van der Waals surface area (Å²) in [5.74, 6) is 0.272. The quantitative estimate of drug-likeness (QED) is 0.426. The molecular formula is C17H21FIN5. The molecule has 0 radical (unpaired) electrons. The lowest BCUT2D eigenvalue weighted by Crippen LogP contribution is -2.37. The molecule has 0 aliphatic heterocycles. The van der Waals surface area contributed by atoms with Gasteiger partial charge in [-0.25, -0.2) is 9.38 Å². The van der Waals surface area contributed by atoms with Gasteiger partial charge in [0.2, 0.25) is 0 Å². The van der Waals surface area contributed by atoms with Crippen LogP contribution in [0.5, 0.6) is 0 Å². The minimum Gasteiger partial charge on any atom is -0.357 e. The summed E-state index contributed by atoms with van der Waals surface area (Å²) in [7, 11) is 1.96. The normalized spacial score (nSPS) is 10.7. The third kappa shape index (κ3) is 5.85. The van der Waals surface area contributed by atoms with Gasteiger partial charge in [0.05, 0.1) is 18.2 Å². The highest BCUT2D eigenvalue weighted by Gasteiger charge is 2.05. The van der Waals surface area contributed by atoms with E-state index >= 15 is 0 Å². The number of nitrogens with one attached hydrogen (secondary N) is 2. The maximum Gasteiger partial charge on any atom is 0.191 e. The lowest BCUT2D eigenvalue weighted by Gasteiger charge is -2.12. The second-order valence-corrected chi connectivity index (χ2v) is 5.15. The zero-order valence-corrected chi connectivity index (χ0v) is 16.0. The fraction of sp³-hybridized carbons (Fsp3) is 0.294. The van der Waals surface area contributed by atoms with Gasteiger partial charge >= 0.3 is 0 Å². The second kappa shape index (κ2) is 9.93. The molecule has 0 aliphatic rings. The molecule has 0 saturated carbocycles. The fourth-order valence-corrected chi connectivity index (χ4v) is 2.13. The van der Waals surface area contributed by atoms with Gasteiger partial charge in [-0.1, -0.05) is 0 Å². The van der Waals surface area contributed by atoms with Crippen LogP contribution in [0.1, 0.15) is 23.6 Å². The number of guanidine groups is 1. The summed E-state index contributed by atoms with van der Waals surface area (Å²) in [5, 5.41) is 15.1. The number of hydrogen-bond donors (Lipinski definition) is 2. The number of nitriles is 1. The van der Waals surface area contributed by atoms with Gasteiger partial charge in [-0.2, -0.15) is 5.26 Å².